The minimum atomic E-state index is -0.390. The predicted octanol–water partition coefficient (Wildman–Crippen LogP) is 3.02. The Hall–Kier alpha value is -1.19. The van der Waals surface area contributed by atoms with Crippen molar-refractivity contribution < 1.29 is 4.74 Å². The molecule has 0 aliphatic rings. The van der Waals surface area contributed by atoms with Gasteiger partial charge in [-0.15, -0.1) is 0 Å². The van der Waals surface area contributed by atoms with Gasteiger partial charge in [-0.25, -0.2) is 0 Å². The van der Waals surface area contributed by atoms with Gasteiger partial charge in [0.05, 0.1) is 17.7 Å². The fourth-order valence-electron chi connectivity index (χ4n) is 1.64. The van der Waals surface area contributed by atoms with Crippen molar-refractivity contribution in [3.8, 4) is 5.75 Å². The molecule has 0 radical (unpaired) electrons. The first-order valence-corrected chi connectivity index (χ1v) is 5.45. The maximum Gasteiger partial charge on any atom is 0.138 e. The van der Waals surface area contributed by atoms with E-state index >= 15 is 0 Å². The number of nitrogens with one attached hydrogen (secondary N) is 1. The molecule has 0 fully saturated rings. The first-order chi connectivity index (χ1) is 7.41. The summed E-state index contributed by atoms with van der Waals surface area (Å²) in [7, 11) is 1.60. The molecule has 86 valence electrons. The first-order valence-electron chi connectivity index (χ1n) is 5.07. The number of aromatic nitrogens is 1. The third-order valence-corrected chi connectivity index (χ3v) is 2.88. The Morgan fingerprint density at radius 3 is 2.56 bits per heavy atom. The standard InChI is InChI=1S/C12H15ClN2O/c1-12(2,14)11-5-7-4-10(16-3)8(13)6-9(7)15-11/h4-6,15H,14H2,1-3H3. The number of benzene rings is 1. The van der Waals surface area contributed by atoms with E-state index in [1.807, 2.05) is 32.0 Å². The molecule has 1 aromatic carbocycles. The molecule has 0 unspecified atom stereocenters. The Balaban J connectivity index is 2.63. The number of ether oxygens (including phenoxy) is 1. The average molecular weight is 239 g/mol. The van der Waals surface area contributed by atoms with Crippen molar-refractivity contribution in [2.24, 2.45) is 5.73 Å². The van der Waals surface area contributed by atoms with E-state index in [9.17, 15) is 0 Å². The summed E-state index contributed by atoms with van der Waals surface area (Å²) in [5, 5.41) is 1.65. The van der Waals surface area contributed by atoms with Gasteiger partial charge in [-0.3, -0.25) is 0 Å². The minimum absolute atomic E-state index is 0.390. The molecule has 2 rings (SSSR count). The van der Waals surface area contributed by atoms with Gasteiger partial charge in [-0.2, -0.15) is 0 Å². The van der Waals surface area contributed by atoms with Crippen LogP contribution in [0.3, 0.4) is 0 Å². The van der Waals surface area contributed by atoms with Gasteiger partial charge in [0.25, 0.3) is 0 Å². The molecule has 4 heteroatoms. The fourth-order valence-corrected chi connectivity index (χ4v) is 1.88. The summed E-state index contributed by atoms with van der Waals surface area (Å²) >= 11 is 6.05. The third-order valence-electron chi connectivity index (χ3n) is 2.59. The number of nitrogens with two attached hydrogens (primary N) is 1. The van der Waals surface area contributed by atoms with Crippen LogP contribution in [0.4, 0.5) is 0 Å². The number of methoxy groups -OCH3 is 1. The number of fused-ring (bicyclic) bond motifs is 1. The molecular formula is C12H15ClN2O. The van der Waals surface area contributed by atoms with Gasteiger partial charge in [0.15, 0.2) is 0 Å². The number of hydrogen-bond donors (Lipinski definition) is 2. The van der Waals surface area contributed by atoms with E-state index in [4.69, 9.17) is 22.1 Å². The molecule has 1 aromatic heterocycles. The van der Waals surface area contributed by atoms with Crippen LogP contribution in [0.25, 0.3) is 10.9 Å². The number of hydrogen-bond acceptors (Lipinski definition) is 2. The molecule has 0 bridgehead atoms. The molecule has 0 spiro atoms. The van der Waals surface area contributed by atoms with Crippen molar-refractivity contribution in [2.75, 3.05) is 7.11 Å². The SMILES string of the molecule is COc1cc2cc(C(C)(C)N)[nH]c2cc1Cl. The Kier molecular flexibility index (Phi) is 2.60. The molecule has 0 aliphatic heterocycles. The number of rotatable bonds is 2. The molecule has 0 saturated heterocycles. The zero-order chi connectivity index (χ0) is 11.9. The van der Waals surface area contributed by atoms with E-state index in [-0.39, 0.29) is 0 Å². The Morgan fingerprint density at radius 2 is 2.00 bits per heavy atom. The van der Waals surface area contributed by atoms with E-state index in [2.05, 4.69) is 4.98 Å². The molecule has 3 nitrogen and oxygen atoms in total. The van der Waals surface area contributed by atoms with Crippen LogP contribution >= 0.6 is 11.6 Å². The largest absolute Gasteiger partial charge is 0.495 e. The highest BCUT2D eigenvalue weighted by atomic mass is 35.5. The third kappa shape index (κ3) is 1.88. The Labute approximate surface area is 99.5 Å². The molecule has 1 heterocycles. The quantitative estimate of drug-likeness (QED) is 0.845. The van der Waals surface area contributed by atoms with Crippen LogP contribution in [-0.4, -0.2) is 12.1 Å². The van der Waals surface area contributed by atoms with Gasteiger partial charge in [0.2, 0.25) is 0 Å². The topological polar surface area (TPSA) is 51.0 Å². The number of halogens is 1. The van der Waals surface area contributed by atoms with Gasteiger partial charge >= 0.3 is 0 Å². The van der Waals surface area contributed by atoms with Gasteiger partial charge < -0.3 is 15.5 Å². The van der Waals surface area contributed by atoms with Crippen LogP contribution in [0.2, 0.25) is 5.02 Å². The summed E-state index contributed by atoms with van der Waals surface area (Å²) in [6.45, 7) is 3.91. The average Bonchev–Trinajstić information content (AvgIpc) is 2.58. The van der Waals surface area contributed by atoms with Crippen LogP contribution < -0.4 is 10.5 Å². The van der Waals surface area contributed by atoms with Crippen molar-refractivity contribution in [1.82, 2.24) is 4.98 Å². The summed E-state index contributed by atoms with van der Waals surface area (Å²) < 4.78 is 5.17. The summed E-state index contributed by atoms with van der Waals surface area (Å²) in [5.74, 6) is 0.676. The maximum atomic E-state index is 6.05. The summed E-state index contributed by atoms with van der Waals surface area (Å²) in [5.41, 5.74) is 7.59. The van der Waals surface area contributed by atoms with Crippen LogP contribution in [0.1, 0.15) is 19.5 Å². The lowest BCUT2D eigenvalue weighted by Crippen LogP contribution is -2.28. The van der Waals surface area contributed by atoms with Crippen LogP contribution in [-0.2, 0) is 5.54 Å². The van der Waals surface area contributed by atoms with Crippen molar-refractivity contribution in [1.29, 1.82) is 0 Å². The number of H-pyrrole nitrogens is 1. The van der Waals surface area contributed by atoms with Crippen molar-refractivity contribution in [2.45, 2.75) is 19.4 Å². The van der Waals surface area contributed by atoms with Gasteiger partial charge in [-0.05, 0) is 32.0 Å². The first kappa shape index (κ1) is 11.3. The Morgan fingerprint density at radius 1 is 1.31 bits per heavy atom. The molecule has 0 amide bonds. The zero-order valence-corrected chi connectivity index (χ0v) is 10.4. The van der Waals surface area contributed by atoms with E-state index in [0.29, 0.717) is 10.8 Å². The second-order valence-corrected chi connectivity index (χ2v) is 4.89. The van der Waals surface area contributed by atoms with E-state index in [1.165, 1.54) is 0 Å². The fraction of sp³-hybridized carbons (Fsp3) is 0.333. The molecule has 2 aromatic rings. The number of aromatic amines is 1. The zero-order valence-electron chi connectivity index (χ0n) is 9.60. The van der Waals surface area contributed by atoms with Gasteiger partial charge in [0.1, 0.15) is 5.75 Å². The van der Waals surface area contributed by atoms with Crippen LogP contribution in [0, 0.1) is 0 Å². The molecule has 0 saturated carbocycles. The predicted molar refractivity (Wildman–Crippen MR) is 67.1 cm³/mol. The summed E-state index contributed by atoms with van der Waals surface area (Å²) in [6.07, 6.45) is 0. The van der Waals surface area contributed by atoms with Gasteiger partial charge in [-0.1, -0.05) is 11.6 Å². The highest BCUT2D eigenvalue weighted by molar-refractivity contribution is 6.32. The van der Waals surface area contributed by atoms with Crippen molar-refractivity contribution >= 4 is 22.5 Å². The molecule has 16 heavy (non-hydrogen) atoms. The molecule has 0 aliphatic carbocycles. The van der Waals surface area contributed by atoms with E-state index < -0.39 is 5.54 Å². The summed E-state index contributed by atoms with van der Waals surface area (Å²) in [4.78, 5) is 3.26. The maximum absolute atomic E-state index is 6.05. The lowest BCUT2D eigenvalue weighted by atomic mass is 10.0. The Bertz CT molecular complexity index is 526. The molecular weight excluding hydrogens is 224 g/mol. The van der Waals surface area contributed by atoms with Gasteiger partial charge in [0, 0.05) is 16.6 Å². The molecule has 0 atom stereocenters. The van der Waals surface area contributed by atoms with Crippen LogP contribution in [0.15, 0.2) is 18.2 Å². The second-order valence-electron chi connectivity index (χ2n) is 4.48. The summed E-state index contributed by atoms with van der Waals surface area (Å²) in [6, 6.07) is 5.78. The van der Waals surface area contributed by atoms with E-state index in [1.54, 1.807) is 7.11 Å². The van der Waals surface area contributed by atoms with Crippen LogP contribution in [0.5, 0.6) is 5.75 Å². The minimum Gasteiger partial charge on any atom is -0.495 e. The van der Waals surface area contributed by atoms with Crippen molar-refractivity contribution in [3.63, 3.8) is 0 Å². The van der Waals surface area contributed by atoms with E-state index in [0.717, 1.165) is 16.6 Å². The lowest BCUT2D eigenvalue weighted by Gasteiger charge is -2.15. The lowest BCUT2D eigenvalue weighted by molar-refractivity contribution is 0.415. The highest BCUT2D eigenvalue weighted by Gasteiger charge is 2.17. The highest BCUT2D eigenvalue weighted by Crippen LogP contribution is 2.31. The van der Waals surface area contributed by atoms with Crippen molar-refractivity contribution in [3.05, 3.63) is 28.9 Å². The molecule has 3 N–H and O–H groups in total. The normalized spacial score (nSPS) is 12.1. The smallest absolute Gasteiger partial charge is 0.138 e. The monoisotopic (exact) mass is 238 g/mol. The second kappa shape index (κ2) is 3.68.